The number of esters is 2. The maximum atomic E-state index is 10.9. The molecule has 98 valence electrons. The molecular weight excluding hydrogens is 232 g/mol. The van der Waals surface area contributed by atoms with Crippen LogP contribution >= 0.6 is 0 Å². The summed E-state index contributed by atoms with van der Waals surface area (Å²) in [4.78, 5) is 21.8. The highest BCUT2D eigenvalue weighted by molar-refractivity contribution is 5.67. The van der Waals surface area contributed by atoms with Crippen molar-refractivity contribution in [1.29, 1.82) is 0 Å². The van der Waals surface area contributed by atoms with Crippen LogP contribution in [0.5, 0.6) is 0 Å². The van der Waals surface area contributed by atoms with Gasteiger partial charge in [-0.1, -0.05) is 0 Å². The van der Waals surface area contributed by atoms with E-state index in [2.05, 4.69) is 0 Å². The van der Waals surface area contributed by atoms with Gasteiger partial charge in [-0.05, 0) is 0 Å². The normalized spacial score (nSPS) is 32.2. The topological polar surface area (TPSA) is 91.3 Å². The summed E-state index contributed by atoms with van der Waals surface area (Å²) in [6.07, 6.45) is -3.89. The zero-order chi connectivity index (χ0) is 13.0. The van der Waals surface area contributed by atoms with Gasteiger partial charge in [0.25, 0.3) is 0 Å². The van der Waals surface area contributed by atoms with Gasteiger partial charge in [0.1, 0.15) is 6.10 Å². The number of carbonyl (C=O) groups excluding carboxylic acids is 2. The minimum atomic E-state index is -1.33. The first kappa shape index (κ1) is 13.9. The standard InChI is InChI=1S/C10H16O7/c1-5(11)15-8-7(4-14-3)17-10(13)9(8)16-6(2)12/h7-10,13H,4H2,1-3H3/t7-,8-,9-,10-/m1/s1. The Balaban J connectivity index is 2.76. The first-order valence-electron chi connectivity index (χ1n) is 5.12. The summed E-state index contributed by atoms with van der Waals surface area (Å²) < 4.78 is 19.8. The van der Waals surface area contributed by atoms with Crippen molar-refractivity contribution in [2.45, 2.75) is 38.4 Å². The molecule has 0 aliphatic carbocycles. The van der Waals surface area contributed by atoms with Crippen LogP contribution in [0.25, 0.3) is 0 Å². The molecule has 0 bridgehead atoms. The molecule has 0 saturated carbocycles. The Hall–Kier alpha value is -1.18. The third-order valence-corrected chi connectivity index (χ3v) is 2.22. The molecule has 1 fully saturated rings. The summed E-state index contributed by atoms with van der Waals surface area (Å²) in [5, 5.41) is 9.57. The van der Waals surface area contributed by atoms with E-state index in [0.29, 0.717) is 0 Å². The maximum absolute atomic E-state index is 10.9. The quantitative estimate of drug-likeness (QED) is 0.652. The second kappa shape index (κ2) is 5.95. The number of aliphatic hydroxyl groups excluding tert-OH is 1. The Labute approximate surface area is 98.6 Å². The van der Waals surface area contributed by atoms with Crippen LogP contribution < -0.4 is 0 Å². The van der Waals surface area contributed by atoms with E-state index in [4.69, 9.17) is 18.9 Å². The van der Waals surface area contributed by atoms with Crippen LogP contribution in [0, 0.1) is 0 Å². The molecule has 7 nitrogen and oxygen atoms in total. The van der Waals surface area contributed by atoms with E-state index >= 15 is 0 Å². The molecule has 1 rings (SSSR count). The fourth-order valence-corrected chi connectivity index (χ4v) is 1.66. The predicted octanol–water partition coefficient (Wildman–Crippen LogP) is -0.787. The van der Waals surface area contributed by atoms with Crippen molar-refractivity contribution in [3.8, 4) is 0 Å². The zero-order valence-corrected chi connectivity index (χ0v) is 9.91. The fraction of sp³-hybridized carbons (Fsp3) is 0.800. The van der Waals surface area contributed by atoms with Crippen LogP contribution in [0.1, 0.15) is 13.8 Å². The molecule has 1 saturated heterocycles. The predicted molar refractivity (Wildman–Crippen MR) is 53.9 cm³/mol. The summed E-state index contributed by atoms with van der Waals surface area (Å²) in [6, 6.07) is 0. The Kier molecular flexibility index (Phi) is 4.86. The Morgan fingerprint density at radius 3 is 2.18 bits per heavy atom. The number of hydrogen-bond donors (Lipinski definition) is 1. The average Bonchev–Trinajstić information content (AvgIpc) is 2.45. The highest BCUT2D eigenvalue weighted by Gasteiger charge is 2.48. The molecule has 0 spiro atoms. The van der Waals surface area contributed by atoms with Crippen molar-refractivity contribution in [3.63, 3.8) is 0 Å². The lowest BCUT2D eigenvalue weighted by atomic mass is 10.1. The Morgan fingerprint density at radius 1 is 1.18 bits per heavy atom. The first-order chi connectivity index (χ1) is 7.95. The van der Waals surface area contributed by atoms with E-state index in [0.717, 1.165) is 0 Å². The second-order valence-electron chi connectivity index (χ2n) is 3.67. The van der Waals surface area contributed by atoms with E-state index in [-0.39, 0.29) is 6.61 Å². The van der Waals surface area contributed by atoms with Gasteiger partial charge in [0.05, 0.1) is 6.61 Å². The maximum Gasteiger partial charge on any atom is 0.303 e. The third-order valence-electron chi connectivity index (χ3n) is 2.22. The summed E-state index contributed by atoms with van der Waals surface area (Å²) in [5.41, 5.74) is 0. The Bertz CT molecular complexity index is 290. The number of hydrogen-bond acceptors (Lipinski definition) is 7. The first-order valence-corrected chi connectivity index (χ1v) is 5.12. The van der Waals surface area contributed by atoms with E-state index in [1.807, 2.05) is 0 Å². The van der Waals surface area contributed by atoms with Crippen LogP contribution in [0.4, 0.5) is 0 Å². The lowest BCUT2D eigenvalue weighted by Crippen LogP contribution is -2.40. The van der Waals surface area contributed by atoms with E-state index in [1.54, 1.807) is 0 Å². The molecule has 1 aliphatic rings. The van der Waals surface area contributed by atoms with Gasteiger partial charge in [-0.3, -0.25) is 9.59 Å². The van der Waals surface area contributed by atoms with E-state index in [9.17, 15) is 14.7 Å². The smallest absolute Gasteiger partial charge is 0.303 e. The van der Waals surface area contributed by atoms with Crippen LogP contribution in [0.3, 0.4) is 0 Å². The summed E-state index contributed by atoms with van der Waals surface area (Å²) in [6.45, 7) is 2.54. The summed E-state index contributed by atoms with van der Waals surface area (Å²) >= 11 is 0. The van der Waals surface area contributed by atoms with Gasteiger partial charge in [-0.2, -0.15) is 0 Å². The largest absolute Gasteiger partial charge is 0.455 e. The number of aliphatic hydroxyl groups is 1. The van der Waals surface area contributed by atoms with Crippen molar-refractivity contribution < 1.29 is 33.6 Å². The fourth-order valence-electron chi connectivity index (χ4n) is 1.66. The average molecular weight is 248 g/mol. The monoisotopic (exact) mass is 248 g/mol. The van der Waals surface area contributed by atoms with Crippen LogP contribution in [0.2, 0.25) is 0 Å². The molecule has 0 amide bonds. The van der Waals surface area contributed by atoms with Crippen LogP contribution in [-0.2, 0) is 28.5 Å². The highest BCUT2D eigenvalue weighted by atomic mass is 16.7. The molecule has 1 heterocycles. The van der Waals surface area contributed by atoms with Gasteiger partial charge in [-0.25, -0.2) is 0 Å². The molecule has 1 N–H and O–H groups in total. The molecule has 0 aromatic rings. The molecule has 0 aromatic carbocycles. The lowest BCUT2D eigenvalue weighted by Gasteiger charge is -2.21. The molecule has 17 heavy (non-hydrogen) atoms. The van der Waals surface area contributed by atoms with Crippen molar-refractivity contribution in [2.24, 2.45) is 0 Å². The van der Waals surface area contributed by atoms with E-state index < -0.39 is 36.5 Å². The van der Waals surface area contributed by atoms with Crippen LogP contribution in [-0.4, -0.2) is 55.4 Å². The highest BCUT2D eigenvalue weighted by Crippen LogP contribution is 2.25. The summed E-state index contributed by atoms with van der Waals surface area (Å²) in [7, 11) is 1.44. The van der Waals surface area contributed by atoms with Gasteiger partial charge in [-0.15, -0.1) is 0 Å². The number of ether oxygens (including phenoxy) is 4. The molecular formula is C10H16O7. The molecule has 0 aromatic heterocycles. The van der Waals surface area contributed by atoms with Crippen molar-refractivity contribution in [1.82, 2.24) is 0 Å². The molecule has 1 aliphatic heterocycles. The molecule has 0 radical (unpaired) electrons. The van der Waals surface area contributed by atoms with Gasteiger partial charge in [0, 0.05) is 21.0 Å². The summed E-state index contributed by atoms with van der Waals surface area (Å²) in [5.74, 6) is -1.14. The number of rotatable bonds is 4. The van der Waals surface area contributed by atoms with Crippen molar-refractivity contribution in [3.05, 3.63) is 0 Å². The van der Waals surface area contributed by atoms with Gasteiger partial charge >= 0.3 is 11.9 Å². The number of methoxy groups -OCH3 is 1. The molecule has 0 unspecified atom stereocenters. The van der Waals surface area contributed by atoms with Gasteiger partial charge < -0.3 is 24.1 Å². The van der Waals surface area contributed by atoms with Crippen molar-refractivity contribution in [2.75, 3.05) is 13.7 Å². The Morgan fingerprint density at radius 2 is 1.71 bits per heavy atom. The van der Waals surface area contributed by atoms with E-state index in [1.165, 1.54) is 21.0 Å². The third kappa shape index (κ3) is 3.65. The number of carbonyl (C=O) groups is 2. The van der Waals surface area contributed by atoms with Crippen LogP contribution in [0.15, 0.2) is 0 Å². The van der Waals surface area contributed by atoms with Crippen molar-refractivity contribution >= 4 is 11.9 Å². The SMILES string of the molecule is COC[C@H]1O[C@@H](O)[C@H](OC(C)=O)[C@@H]1OC(C)=O. The minimum absolute atomic E-state index is 0.118. The minimum Gasteiger partial charge on any atom is -0.455 e. The lowest BCUT2D eigenvalue weighted by molar-refractivity contribution is -0.174. The van der Waals surface area contributed by atoms with Gasteiger partial charge in [0.15, 0.2) is 18.5 Å². The molecule has 7 heteroatoms. The molecule has 4 atom stereocenters. The zero-order valence-electron chi connectivity index (χ0n) is 9.91. The van der Waals surface area contributed by atoms with Gasteiger partial charge in [0.2, 0.25) is 0 Å². The second-order valence-corrected chi connectivity index (χ2v) is 3.67.